The molecule has 0 saturated heterocycles. The van der Waals surface area contributed by atoms with Crippen LogP contribution in [0.1, 0.15) is 17.0 Å². The first-order valence-electron chi connectivity index (χ1n) is 6.52. The molecule has 1 amide bonds. The van der Waals surface area contributed by atoms with Gasteiger partial charge in [-0.25, -0.2) is 0 Å². The lowest BCUT2D eigenvalue weighted by atomic mass is 10.1. The van der Waals surface area contributed by atoms with E-state index in [-0.39, 0.29) is 5.91 Å². The predicted molar refractivity (Wildman–Crippen MR) is 89.0 cm³/mol. The van der Waals surface area contributed by atoms with E-state index in [1.54, 1.807) is 11.8 Å². The summed E-state index contributed by atoms with van der Waals surface area (Å²) in [6.07, 6.45) is 0.741. The van der Waals surface area contributed by atoms with Gasteiger partial charge >= 0.3 is 0 Å². The molecule has 0 spiro atoms. The van der Waals surface area contributed by atoms with Gasteiger partial charge in [0.2, 0.25) is 5.91 Å². The molecule has 1 aromatic heterocycles. The van der Waals surface area contributed by atoms with Crippen molar-refractivity contribution >= 4 is 41.0 Å². The first kappa shape index (κ1) is 16.3. The Balaban J connectivity index is 1.64. The number of amides is 1. The molecule has 0 atom stereocenters. The molecule has 0 fully saturated rings. The summed E-state index contributed by atoms with van der Waals surface area (Å²) >= 11 is 8.83. The second-order valence-electron chi connectivity index (χ2n) is 4.48. The molecule has 0 radical (unpaired) electrons. The number of hydrogen-bond acceptors (Lipinski definition) is 5. The molecule has 112 valence electrons. The van der Waals surface area contributed by atoms with Crippen LogP contribution in [-0.2, 0) is 17.0 Å². The van der Waals surface area contributed by atoms with Gasteiger partial charge < -0.3 is 5.32 Å². The van der Waals surface area contributed by atoms with E-state index in [2.05, 4.69) is 14.1 Å². The molecule has 0 aliphatic rings. The van der Waals surface area contributed by atoms with Gasteiger partial charge in [-0.2, -0.15) is 8.75 Å². The van der Waals surface area contributed by atoms with Crippen molar-refractivity contribution in [2.75, 3.05) is 12.3 Å². The zero-order valence-electron chi connectivity index (χ0n) is 11.6. The van der Waals surface area contributed by atoms with Gasteiger partial charge in [-0.3, -0.25) is 4.79 Å². The van der Waals surface area contributed by atoms with Crippen LogP contribution >= 0.6 is 35.1 Å². The molecule has 0 bridgehead atoms. The van der Waals surface area contributed by atoms with Crippen LogP contribution in [0.3, 0.4) is 0 Å². The Kier molecular flexibility index (Phi) is 6.48. The number of halogens is 1. The third-order valence-corrected chi connectivity index (χ3v) is 4.86. The zero-order chi connectivity index (χ0) is 15.1. The number of carbonyl (C=O) groups excluding carboxylic acids is 1. The van der Waals surface area contributed by atoms with Crippen LogP contribution in [0.5, 0.6) is 0 Å². The molecule has 0 unspecified atom stereocenters. The van der Waals surface area contributed by atoms with Crippen LogP contribution < -0.4 is 5.32 Å². The molecule has 2 aromatic rings. The van der Waals surface area contributed by atoms with Crippen LogP contribution in [0.15, 0.2) is 24.3 Å². The highest BCUT2D eigenvalue weighted by Crippen LogP contribution is 2.15. The normalized spacial score (nSPS) is 10.6. The van der Waals surface area contributed by atoms with E-state index in [0.717, 1.165) is 34.1 Å². The van der Waals surface area contributed by atoms with Gasteiger partial charge in [-0.15, -0.1) is 11.8 Å². The second-order valence-corrected chi connectivity index (χ2v) is 6.40. The van der Waals surface area contributed by atoms with Crippen molar-refractivity contribution in [1.82, 2.24) is 14.1 Å². The summed E-state index contributed by atoms with van der Waals surface area (Å²) in [5, 5.41) is 3.64. The Bertz CT molecular complexity index is 603. The van der Waals surface area contributed by atoms with Crippen LogP contribution in [-0.4, -0.2) is 27.0 Å². The molecule has 1 N–H and O–H groups in total. The van der Waals surface area contributed by atoms with Gasteiger partial charge in [0.1, 0.15) is 0 Å². The monoisotopic (exact) mass is 341 g/mol. The van der Waals surface area contributed by atoms with Crippen molar-refractivity contribution in [1.29, 1.82) is 0 Å². The fourth-order valence-electron chi connectivity index (χ4n) is 1.71. The smallest absolute Gasteiger partial charge is 0.230 e. The summed E-state index contributed by atoms with van der Waals surface area (Å²) in [7, 11) is 0. The van der Waals surface area contributed by atoms with Crippen molar-refractivity contribution in [3.63, 3.8) is 0 Å². The minimum Gasteiger partial charge on any atom is -0.355 e. The van der Waals surface area contributed by atoms with E-state index in [4.69, 9.17) is 11.6 Å². The first-order chi connectivity index (χ1) is 10.2. The Morgan fingerprint density at radius 3 is 2.90 bits per heavy atom. The number of hydrogen-bond donors (Lipinski definition) is 1. The van der Waals surface area contributed by atoms with Crippen LogP contribution in [0.25, 0.3) is 0 Å². The zero-order valence-corrected chi connectivity index (χ0v) is 14.0. The fourth-order valence-corrected chi connectivity index (χ4v) is 3.44. The molecule has 0 saturated carbocycles. The van der Waals surface area contributed by atoms with E-state index in [1.807, 2.05) is 31.2 Å². The minimum atomic E-state index is 0.0351. The van der Waals surface area contributed by atoms with Crippen LogP contribution in [0, 0.1) is 6.92 Å². The van der Waals surface area contributed by atoms with Crippen LogP contribution in [0.2, 0.25) is 5.02 Å². The maximum absolute atomic E-state index is 11.7. The highest BCUT2D eigenvalue weighted by molar-refractivity contribution is 7.99. The van der Waals surface area contributed by atoms with Gasteiger partial charge in [0.15, 0.2) is 0 Å². The topological polar surface area (TPSA) is 54.9 Å². The van der Waals surface area contributed by atoms with Gasteiger partial charge in [-0.1, -0.05) is 29.8 Å². The third-order valence-electron chi connectivity index (χ3n) is 2.89. The third kappa shape index (κ3) is 5.30. The van der Waals surface area contributed by atoms with E-state index in [0.29, 0.717) is 12.3 Å². The Morgan fingerprint density at radius 1 is 1.38 bits per heavy atom. The number of aryl methyl sites for hydroxylation is 1. The summed E-state index contributed by atoms with van der Waals surface area (Å²) < 4.78 is 8.30. The number of aromatic nitrogens is 2. The molecule has 21 heavy (non-hydrogen) atoms. The van der Waals surface area contributed by atoms with E-state index in [9.17, 15) is 4.79 Å². The van der Waals surface area contributed by atoms with Crippen molar-refractivity contribution in [2.45, 2.75) is 19.1 Å². The maximum Gasteiger partial charge on any atom is 0.230 e. The van der Waals surface area contributed by atoms with E-state index in [1.165, 1.54) is 11.7 Å². The number of carbonyl (C=O) groups is 1. The van der Waals surface area contributed by atoms with Gasteiger partial charge in [0.05, 0.1) is 28.9 Å². The van der Waals surface area contributed by atoms with Crippen molar-refractivity contribution in [2.24, 2.45) is 0 Å². The quantitative estimate of drug-likeness (QED) is 0.840. The van der Waals surface area contributed by atoms with E-state index < -0.39 is 0 Å². The number of nitrogens with one attached hydrogen (secondary N) is 1. The minimum absolute atomic E-state index is 0.0351. The summed E-state index contributed by atoms with van der Waals surface area (Å²) in [6.45, 7) is 2.53. The highest BCUT2D eigenvalue weighted by Gasteiger charge is 2.06. The summed E-state index contributed by atoms with van der Waals surface area (Å²) in [4.78, 5) is 11.7. The summed E-state index contributed by atoms with van der Waals surface area (Å²) in [5.41, 5.74) is 2.97. The Labute approximate surface area is 137 Å². The molecule has 4 nitrogen and oxygen atoms in total. The van der Waals surface area contributed by atoms with Crippen molar-refractivity contribution in [3.05, 3.63) is 46.2 Å². The molecule has 2 rings (SSSR count). The number of rotatable bonds is 7. The molecule has 0 aliphatic carbocycles. The molecule has 7 heteroatoms. The summed E-state index contributed by atoms with van der Waals surface area (Å²) in [5.74, 6) is 1.19. The average molecular weight is 342 g/mol. The number of benzene rings is 1. The second kappa shape index (κ2) is 8.36. The van der Waals surface area contributed by atoms with Gasteiger partial charge in [-0.05, 0) is 25.0 Å². The lowest BCUT2D eigenvalue weighted by Gasteiger charge is -2.06. The average Bonchev–Trinajstić information content (AvgIpc) is 2.87. The van der Waals surface area contributed by atoms with Gasteiger partial charge in [0.25, 0.3) is 0 Å². The summed E-state index contributed by atoms with van der Waals surface area (Å²) in [6, 6.07) is 7.68. The van der Waals surface area contributed by atoms with Gasteiger partial charge in [0, 0.05) is 17.3 Å². The maximum atomic E-state index is 11.7. The first-order valence-corrected chi connectivity index (χ1v) is 8.79. The standard InChI is InChI=1S/C14H16ClN3OS2/c1-10-13(18-21-17-10)8-20-9-14(19)16-7-6-11-4-2-3-5-12(11)15/h2-5H,6-9H2,1H3,(H,16,19). The number of nitrogens with zero attached hydrogens (tertiary/aromatic N) is 2. The molecular formula is C14H16ClN3OS2. The lowest BCUT2D eigenvalue weighted by molar-refractivity contribution is -0.118. The molecule has 1 heterocycles. The van der Waals surface area contributed by atoms with Crippen LogP contribution in [0.4, 0.5) is 0 Å². The van der Waals surface area contributed by atoms with Crippen molar-refractivity contribution < 1.29 is 4.79 Å². The fraction of sp³-hybridized carbons (Fsp3) is 0.357. The molecular weight excluding hydrogens is 326 g/mol. The largest absolute Gasteiger partial charge is 0.355 e. The highest BCUT2D eigenvalue weighted by atomic mass is 35.5. The predicted octanol–water partition coefficient (Wildman–Crippen LogP) is 3.09. The SMILES string of the molecule is Cc1nsnc1CSCC(=O)NCCc1ccccc1Cl. The van der Waals surface area contributed by atoms with E-state index >= 15 is 0 Å². The Hall–Kier alpha value is -1.11. The number of thioether (sulfide) groups is 1. The Morgan fingerprint density at radius 2 is 2.19 bits per heavy atom. The van der Waals surface area contributed by atoms with Crippen molar-refractivity contribution in [3.8, 4) is 0 Å². The molecule has 0 aliphatic heterocycles. The lowest BCUT2D eigenvalue weighted by Crippen LogP contribution is -2.27. The molecule has 1 aromatic carbocycles.